The monoisotopic (exact) mass is 310 g/mol. The topological polar surface area (TPSA) is 63.4 Å². The molecule has 0 amide bonds. The van der Waals surface area contributed by atoms with Crippen LogP contribution < -0.4 is 5.73 Å². The summed E-state index contributed by atoms with van der Waals surface area (Å²) in [5.41, 5.74) is 7.94. The normalized spacial score (nSPS) is 23.5. The SMILES string of the molecule is Cc1ccc(S(=O)(=O)N(C)C2CCCCC2CN)cc1C. The minimum Gasteiger partial charge on any atom is -0.330 e. The molecule has 1 aliphatic rings. The molecule has 1 fully saturated rings. The Labute approximate surface area is 128 Å². The molecule has 2 N–H and O–H groups in total. The van der Waals surface area contributed by atoms with Gasteiger partial charge in [-0.1, -0.05) is 18.9 Å². The summed E-state index contributed by atoms with van der Waals surface area (Å²) in [6, 6.07) is 5.36. The maximum absolute atomic E-state index is 12.8. The van der Waals surface area contributed by atoms with Gasteiger partial charge in [0.1, 0.15) is 0 Å². The fourth-order valence-corrected chi connectivity index (χ4v) is 4.69. The molecule has 118 valence electrons. The third-order valence-corrected chi connectivity index (χ3v) is 6.67. The molecule has 0 radical (unpaired) electrons. The number of aryl methyl sites for hydroxylation is 2. The maximum atomic E-state index is 12.8. The van der Waals surface area contributed by atoms with Crippen LogP contribution in [0.5, 0.6) is 0 Å². The number of sulfonamides is 1. The fourth-order valence-electron chi connectivity index (χ4n) is 3.16. The predicted molar refractivity (Wildman–Crippen MR) is 85.7 cm³/mol. The van der Waals surface area contributed by atoms with Crippen LogP contribution in [-0.2, 0) is 10.0 Å². The van der Waals surface area contributed by atoms with E-state index >= 15 is 0 Å². The molecule has 21 heavy (non-hydrogen) atoms. The van der Waals surface area contributed by atoms with Crippen molar-refractivity contribution in [2.24, 2.45) is 11.7 Å². The Morgan fingerprint density at radius 3 is 2.48 bits per heavy atom. The van der Waals surface area contributed by atoms with Gasteiger partial charge in [-0.15, -0.1) is 0 Å². The summed E-state index contributed by atoms with van der Waals surface area (Å²) in [4.78, 5) is 0.384. The van der Waals surface area contributed by atoms with Crippen molar-refractivity contribution in [3.63, 3.8) is 0 Å². The highest BCUT2D eigenvalue weighted by atomic mass is 32.2. The number of nitrogens with zero attached hydrogens (tertiary/aromatic N) is 1. The Kier molecular flexibility index (Phi) is 5.07. The summed E-state index contributed by atoms with van der Waals surface area (Å²) in [5, 5.41) is 0. The van der Waals surface area contributed by atoms with Crippen LogP contribution in [0.4, 0.5) is 0 Å². The summed E-state index contributed by atoms with van der Waals surface area (Å²) in [7, 11) is -1.75. The van der Waals surface area contributed by atoms with Gasteiger partial charge in [0.15, 0.2) is 0 Å². The largest absolute Gasteiger partial charge is 0.330 e. The quantitative estimate of drug-likeness (QED) is 0.929. The number of rotatable bonds is 4. The van der Waals surface area contributed by atoms with E-state index in [-0.39, 0.29) is 12.0 Å². The average molecular weight is 310 g/mol. The van der Waals surface area contributed by atoms with Crippen molar-refractivity contribution in [1.29, 1.82) is 0 Å². The molecule has 4 nitrogen and oxygen atoms in total. The van der Waals surface area contributed by atoms with Gasteiger partial charge in [0.25, 0.3) is 0 Å². The number of hydrogen-bond acceptors (Lipinski definition) is 3. The molecule has 1 saturated carbocycles. The highest BCUT2D eigenvalue weighted by molar-refractivity contribution is 7.89. The molecule has 2 atom stereocenters. The molecule has 0 aromatic heterocycles. The summed E-state index contributed by atoms with van der Waals surface area (Å²) in [6.07, 6.45) is 4.15. The lowest BCUT2D eigenvalue weighted by molar-refractivity contribution is 0.204. The Morgan fingerprint density at radius 2 is 1.86 bits per heavy atom. The van der Waals surface area contributed by atoms with Gasteiger partial charge in [-0.05, 0) is 62.4 Å². The molecule has 1 aliphatic carbocycles. The van der Waals surface area contributed by atoms with Crippen molar-refractivity contribution >= 4 is 10.0 Å². The van der Waals surface area contributed by atoms with Crippen LogP contribution in [0.15, 0.2) is 23.1 Å². The second-order valence-electron chi connectivity index (χ2n) is 6.11. The third kappa shape index (κ3) is 3.30. The van der Waals surface area contributed by atoms with Crippen LogP contribution in [0.3, 0.4) is 0 Å². The Hall–Kier alpha value is -0.910. The van der Waals surface area contributed by atoms with E-state index in [9.17, 15) is 8.42 Å². The van der Waals surface area contributed by atoms with E-state index in [1.54, 1.807) is 23.5 Å². The van der Waals surface area contributed by atoms with Crippen LogP contribution in [0, 0.1) is 19.8 Å². The van der Waals surface area contributed by atoms with Crippen molar-refractivity contribution in [2.45, 2.75) is 50.5 Å². The molecular formula is C16H26N2O2S. The van der Waals surface area contributed by atoms with Crippen molar-refractivity contribution in [2.75, 3.05) is 13.6 Å². The molecule has 1 aromatic rings. The molecule has 0 aliphatic heterocycles. The molecule has 0 heterocycles. The van der Waals surface area contributed by atoms with Crippen LogP contribution in [-0.4, -0.2) is 32.4 Å². The highest BCUT2D eigenvalue weighted by Gasteiger charge is 2.34. The zero-order valence-corrected chi connectivity index (χ0v) is 14.0. The van der Waals surface area contributed by atoms with E-state index in [0.29, 0.717) is 11.4 Å². The van der Waals surface area contributed by atoms with Gasteiger partial charge in [-0.25, -0.2) is 8.42 Å². The zero-order valence-electron chi connectivity index (χ0n) is 13.2. The first-order valence-corrected chi connectivity index (χ1v) is 9.07. The second kappa shape index (κ2) is 6.46. The molecule has 5 heteroatoms. The minimum absolute atomic E-state index is 0.0235. The van der Waals surface area contributed by atoms with Crippen molar-refractivity contribution in [3.05, 3.63) is 29.3 Å². The molecular weight excluding hydrogens is 284 g/mol. The van der Waals surface area contributed by atoms with E-state index in [2.05, 4.69) is 0 Å². The van der Waals surface area contributed by atoms with Crippen LogP contribution >= 0.6 is 0 Å². The average Bonchev–Trinajstić information content (AvgIpc) is 2.49. The predicted octanol–water partition coefficient (Wildman–Crippen LogP) is 2.44. The molecule has 2 rings (SSSR count). The van der Waals surface area contributed by atoms with Crippen LogP contribution in [0.1, 0.15) is 36.8 Å². The van der Waals surface area contributed by atoms with Crippen molar-refractivity contribution in [1.82, 2.24) is 4.31 Å². The lowest BCUT2D eigenvalue weighted by Crippen LogP contribution is -2.45. The van der Waals surface area contributed by atoms with Gasteiger partial charge in [-0.3, -0.25) is 0 Å². The number of benzene rings is 1. The Bertz CT molecular complexity index is 598. The zero-order chi connectivity index (χ0) is 15.6. The van der Waals surface area contributed by atoms with E-state index in [1.807, 2.05) is 19.9 Å². The molecule has 0 saturated heterocycles. The van der Waals surface area contributed by atoms with Gasteiger partial charge < -0.3 is 5.73 Å². The van der Waals surface area contributed by atoms with Gasteiger partial charge in [0, 0.05) is 13.1 Å². The van der Waals surface area contributed by atoms with Crippen LogP contribution in [0.2, 0.25) is 0 Å². The summed E-state index contributed by atoms with van der Waals surface area (Å²) < 4.78 is 27.2. The van der Waals surface area contributed by atoms with E-state index < -0.39 is 10.0 Å². The third-order valence-electron chi connectivity index (χ3n) is 4.79. The summed E-state index contributed by atoms with van der Waals surface area (Å²) in [5.74, 6) is 0.269. The molecule has 0 spiro atoms. The van der Waals surface area contributed by atoms with Gasteiger partial charge in [0.05, 0.1) is 4.90 Å². The maximum Gasteiger partial charge on any atom is 0.243 e. The van der Waals surface area contributed by atoms with Crippen molar-refractivity contribution < 1.29 is 8.42 Å². The molecule has 0 bridgehead atoms. The number of hydrogen-bond donors (Lipinski definition) is 1. The molecule has 1 aromatic carbocycles. The first-order chi connectivity index (χ1) is 9.87. The van der Waals surface area contributed by atoms with Crippen LogP contribution in [0.25, 0.3) is 0 Å². The summed E-state index contributed by atoms with van der Waals surface area (Å²) >= 11 is 0. The van der Waals surface area contributed by atoms with E-state index in [4.69, 9.17) is 5.73 Å². The lowest BCUT2D eigenvalue weighted by atomic mass is 9.85. The smallest absolute Gasteiger partial charge is 0.243 e. The molecule has 2 unspecified atom stereocenters. The minimum atomic E-state index is -3.44. The van der Waals surface area contributed by atoms with Gasteiger partial charge in [-0.2, -0.15) is 4.31 Å². The van der Waals surface area contributed by atoms with Crippen molar-refractivity contribution in [3.8, 4) is 0 Å². The first-order valence-electron chi connectivity index (χ1n) is 7.63. The highest BCUT2D eigenvalue weighted by Crippen LogP contribution is 2.30. The summed E-state index contributed by atoms with van der Waals surface area (Å²) in [6.45, 7) is 4.48. The second-order valence-corrected chi connectivity index (χ2v) is 8.11. The fraction of sp³-hybridized carbons (Fsp3) is 0.625. The Morgan fingerprint density at radius 1 is 1.19 bits per heavy atom. The lowest BCUT2D eigenvalue weighted by Gasteiger charge is -2.36. The van der Waals surface area contributed by atoms with E-state index in [0.717, 1.165) is 36.8 Å². The first kappa shape index (κ1) is 16.5. The van der Waals surface area contributed by atoms with E-state index in [1.165, 1.54) is 0 Å². The Balaban J connectivity index is 2.31. The number of nitrogens with two attached hydrogens (primary N) is 1. The standard InChI is InChI=1S/C16H26N2O2S/c1-12-8-9-15(10-13(12)2)21(19,20)18(3)16-7-5-4-6-14(16)11-17/h8-10,14,16H,4-7,11,17H2,1-3H3. The van der Waals surface area contributed by atoms with Gasteiger partial charge >= 0.3 is 0 Å². The van der Waals surface area contributed by atoms with Gasteiger partial charge in [0.2, 0.25) is 10.0 Å².